The largest absolute Gasteiger partial charge is 0.389 e. The molecule has 94 valence electrons. The second kappa shape index (κ2) is 4.53. The Bertz CT molecular complexity index is 626. The predicted octanol–water partition coefficient (Wildman–Crippen LogP) is 2.74. The number of thiocarbonyl (C=S) groups is 1. The lowest BCUT2D eigenvalue weighted by Gasteiger charge is -2.09. The van der Waals surface area contributed by atoms with Gasteiger partial charge in [0.15, 0.2) is 0 Å². The monoisotopic (exact) mass is 259 g/mol. The molecule has 0 amide bonds. The van der Waals surface area contributed by atoms with Crippen molar-refractivity contribution >= 4 is 17.2 Å². The molecule has 2 rings (SSSR count). The van der Waals surface area contributed by atoms with Crippen molar-refractivity contribution < 1.29 is 0 Å². The zero-order valence-electron chi connectivity index (χ0n) is 11.1. The standard InChI is InChI=1S/C14H17N3S/c1-8-7-12(5-6-13(8)14(15)18)17-11(4)9(2)10(3)16-17/h5-7H,1-4H3,(H2,15,18). The van der Waals surface area contributed by atoms with Gasteiger partial charge in [-0.25, -0.2) is 4.68 Å². The number of aryl methyl sites for hydroxylation is 2. The summed E-state index contributed by atoms with van der Waals surface area (Å²) in [4.78, 5) is 0.434. The number of hydrogen-bond acceptors (Lipinski definition) is 2. The molecule has 18 heavy (non-hydrogen) atoms. The summed E-state index contributed by atoms with van der Waals surface area (Å²) >= 11 is 5.02. The van der Waals surface area contributed by atoms with Gasteiger partial charge in [0.1, 0.15) is 4.99 Å². The van der Waals surface area contributed by atoms with Crippen LogP contribution < -0.4 is 5.73 Å². The Morgan fingerprint density at radius 1 is 1.22 bits per heavy atom. The third kappa shape index (κ3) is 2.04. The molecule has 0 saturated carbocycles. The number of nitrogens with zero attached hydrogens (tertiary/aromatic N) is 2. The first kappa shape index (κ1) is 12.8. The first-order valence-electron chi connectivity index (χ1n) is 5.85. The van der Waals surface area contributed by atoms with Crippen molar-refractivity contribution in [3.05, 3.63) is 46.3 Å². The smallest absolute Gasteiger partial charge is 0.104 e. The fourth-order valence-corrected chi connectivity index (χ4v) is 2.26. The maximum atomic E-state index is 5.67. The second-order valence-corrected chi connectivity index (χ2v) is 5.01. The van der Waals surface area contributed by atoms with E-state index in [1.54, 1.807) is 0 Å². The van der Waals surface area contributed by atoms with E-state index in [4.69, 9.17) is 18.0 Å². The molecule has 3 nitrogen and oxygen atoms in total. The molecule has 0 aliphatic rings. The highest BCUT2D eigenvalue weighted by atomic mass is 32.1. The highest BCUT2D eigenvalue weighted by Crippen LogP contribution is 2.19. The van der Waals surface area contributed by atoms with Crippen molar-refractivity contribution in [3.8, 4) is 5.69 Å². The summed E-state index contributed by atoms with van der Waals surface area (Å²) in [6.45, 7) is 8.20. The van der Waals surface area contributed by atoms with Crippen LogP contribution in [0.15, 0.2) is 18.2 Å². The average Bonchev–Trinajstić information content (AvgIpc) is 2.56. The molecular formula is C14H17N3S. The molecule has 2 N–H and O–H groups in total. The summed E-state index contributed by atoms with van der Waals surface area (Å²) in [6.07, 6.45) is 0. The highest BCUT2D eigenvalue weighted by Gasteiger charge is 2.10. The van der Waals surface area contributed by atoms with E-state index in [2.05, 4.69) is 25.0 Å². The molecular weight excluding hydrogens is 242 g/mol. The predicted molar refractivity (Wildman–Crippen MR) is 78.4 cm³/mol. The van der Waals surface area contributed by atoms with Crippen LogP contribution >= 0.6 is 12.2 Å². The molecule has 2 aromatic rings. The minimum atomic E-state index is 0.434. The third-order valence-electron chi connectivity index (χ3n) is 3.37. The van der Waals surface area contributed by atoms with Gasteiger partial charge >= 0.3 is 0 Å². The van der Waals surface area contributed by atoms with Crippen LogP contribution in [-0.2, 0) is 0 Å². The fourth-order valence-electron chi connectivity index (χ4n) is 2.03. The van der Waals surface area contributed by atoms with Gasteiger partial charge in [-0.15, -0.1) is 0 Å². The number of benzene rings is 1. The molecule has 0 aliphatic carbocycles. The zero-order valence-corrected chi connectivity index (χ0v) is 11.9. The topological polar surface area (TPSA) is 43.8 Å². The Morgan fingerprint density at radius 2 is 1.89 bits per heavy atom. The van der Waals surface area contributed by atoms with E-state index in [0.717, 1.165) is 28.2 Å². The summed E-state index contributed by atoms with van der Waals surface area (Å²) in [5, 5.41) is 4.55. The minimum Gasteiger partial charge on any atom is -0.389 e. The van der Waals surface area contributed by atoms with Crippen molar-refractivity contribution in [2.24, 2.45) is 5.73 Å². The van der Waals surface area contributed by atoms with Crippen LogP contribution in [-0.4, -0.2) is 14.8 Å². The Balaban J connectivity index is 2.55. The zero-order chi connectivity index (χ0) is 13.4. The first-order valence-corrected chi connectivity index (χ1v) is 6.26. The molecule has 0 saturated heterocycles. The molecule has 0 atom stereocenters. The van der Waals surface area contributed by atoms with Crippen molar-refractivity contribution in [2.75, 3.05) is 0 Å². The van der Waals surface area contributed by atoms with Crippen molar-refractivity contribution in [3.63, 3.8) is 0 Å². The van der Waals surface area contributed by atoms with Gasteiger partial charge in [0.2, 0.25) is 0 Å². The summed E-state index contributed by atoms with van der Waals surface area (Å²) in [6, 6.07) is 6.02. The Morgan fingerprint density at radius 3 is 2.33 bits per heavy atom. The molecule has 0 unspecified atom stereocenters. The normalized spacial score (nSPS) is 10.7. The number of hydrogen-bond donors (Lipinski definition) is 1. The molecule has 4 heteroatoms. The maximum Gasteiger partial charge on any atom is 0.104 e. The summed E-state index contributed by atoms with van der Waals surface area (Å²) in [5.74, 6) is 0. The molecule has 0 bridgehead atoms. The Labute approximate surface area is 113 Å². The molecule has 0 radical (unpaired) electrons. The molecule has 0 fully saturated rings. The SMILES string of the molecule is Cc1cc(-n2nc(C)c(C)c2C)ccc1C(N)=S. The van der Waals surface area contributed by atoms with Crippen molar-refractivity contribution in [1.82, 2.24) is 9.78 Å². The second-order valence-electron chi connectivity index (χ2n) is 4.57. The number of nitrogens with two attached hydrogens (primary N) is 1. The van der Waals surface area contributed by atoms with Gasteiger partial charge in [-0.2, -0.15) is 5.10 Å². The third-order valence-corrected chi connectivity index (χ3v) is 3.59. The van der Waals surface area contributed by atoms with Gasteiger partial charge < -0.3 is 5.73 Å². The first-order chi connectivity index (χ1) is 8.41. The quantitative estimate of drug-likeness (QED) is 0.843. The lowest BCUT2D eigenvalue weighted by atomic mass is 10.1. The van der Waals surface area contributed by atoms with E-state index in [-0.39, 0.29) is 0 Å². The van der Waals surface area contributed by atoms with E-state index in [1.165, 1.54) is 5.56 Å². The van der Waals surface area contributed by atoms with Gasteiger partial charge in [0, 0.05) is 11.3 Å². The molecule has 1 aromatic heterocycles. The Hall–Kier alpha value is -1.68. The van der Waals surface area contributed by atoms with Crippen LogP contribution in [0.3, 0.4) is 0 Å². The molecule has 1 aromatic carbocycles. The van der Waals surface area contributed by atoms with E-state index in [1.807, 2.05) is 30.7 Å². The van der Waals surface area contributed by atoms with Crippen LogP contribution in [0.25, 0.3) is 5.69 Å². The summed E-state index contributed by atoms with van der Waals surface area (Å²) < 4.78 is 1.96. The highest BCUT2D eigenvalue weighted by molar-refractivity contribution is 7.80. The maximum absolute atomic E-state index is 5.67. The lowest BCUT2D eigenvalue weighted by Crippen LogP contribution is -2.11. The summed E-state index contributed by atoms with van der Waals surface area (Å²) in [7, 11) is 0. The molecule has 0 aliphatic heterocycles. The van der Waals surface area contributed by atoms with Crippen molar-refractivity contribution in [2.45, 2.75) is 27.7 Å². The number of aromatic nitrogens is 2. The van der Waals surface area contributed by atoms with Crippen LogP contribution in [0.4, 0.5) is 0 Å². The molecule has 0 spiro atoms. The van der Waals surface area contributed by atoms with Crippen LogP contribution in [0.2, 0.25) is 0 Å². The number of rotatable bonds is 2. The fraction of sp³-hybridized carbons (Fsp3) is 0.286. The Kier molecular flexibility index (Phi) is 3.22. The van der Waals surface area contributed by atoms with Gasteiger partial charge in [-0.05, 0) is 57.0 Å². The van der Waals surface area contributed by atoms with E-state index in [9.17, 15) is 0 Å². The van der Waals surface area contributed by atoms with Crippen LogP contribution in [0.1, 0.15) is 28.1 Å². The van der Waals surface area contributed by atoms with E-state index >= 15 is 0 Å². The van der Waals surface area contributed by atoms with Gasteiger partial charge in [0.05, 0.1) is 11.4 Å². The van der Waals surface area contributed by atoms with E-state index < -0.39 is 0 Å². The molecule has 1 heterocycles. The van der Waals surface area contributed by atoms with Crippen LogP contribution in [0.5, 0.6) is 0 Å². The van der Waals surface area contributed by atoms with Gasteiger partial charge in [-0.1, -0.05) is 12.2 Å². The lowest BCUT2D eigenvalue weighted by molar-refractivity contribution is 0.832. The van der Waals surface area contributed by atoms with Gasteiger partial charge in [-0.3, -0.25) is 0 Å². The van der Waals surface area contributed by atoms with Crippen LogP contribution in [0, 0.1) is 27.7 Å². The van der Waals surface area contributed by atoms with Gasteiger partial charge in [0.25, 0.3) is 0 Å². The average molecular weight is 259 g/mol. The van der Waals surface area contributed by atoms with Crippen molar-refractivity contribution in [1.29, 1.82) is 0 Å². The van der Waals surface area contributed by atoms with E-state index in [0.29, 0.717) is 4.99 Å². The minimum absolute atomic E-state index is 0.434. The summed E-state index contributed by atoms with van der Waals surface area (Å²) in [5.41, 5.74) is 12.2.